The summed E-state index contributed by atoms with van der Waals surface area (Å²) in [4.78, 5) is 0. The Morgan fingerprint density at radius 1 is 0.360 bits per heavy atom. The van der Waals surface area contributed by atoms with Gasteiger partial charge in [0.15, 0.2) is 0 Å². The second-order valence-electron chi connectivity index (χ2n) is 6.50. The molecule has 0 aliphatic heterocycles. The number of hydrogen-bond donors (Lipinski definition) is 0. The Morgan fingerprint density at radius 2 is 0.760 bits per heavy atom. The van der Waals surface area contributed by atoms with Gasteiger partial charge in [0, 0.05) is 0 Å². The molecule has 0 saturated heterocycles. The molecule has 0 aromatic rings. The van der Waals surface area contributed by atoms with Gasteiger partial charge in [-0.3, -0.25) is 0 Å². The SMILES string of the molecule is C=CCCC=CC=CCCCC=CC=CCCCCCCCCC=C. The second-order valence-corrected chi connectivity index (χ2v) is 6.50. The highest BCUT2D eigenvalue weighted by molar-refractivity contribution is 5.04. The zero-order chi connectivity index (χ0) is 18.3. The summed E-state index contributed by atoms with van der Waals surface area (Å²) in [5.41, 5.74) is 0. The minimum absolute atomic E-state index is 1.07. The van der Waals surface area contributed by atoms with Crippen molar-refractivity contribution >= 4 is 0 Å². The highest BCUT2D eigenvalue weighted by Gasteiger charge is 1.89. The lowest BCUT2D eigenvalue weighted by atomic mass is 10.1. The minimum atomic E-state index is 1.07. The quantitative estimate of drug-likeness (QED) is 0.133. The highest BCUT2D eigenvalue weighted by Crippen LogP contribution is 2.09. The van der Waals surface area contributed by atoms with Gasteiger partial charge < -0.3 is 0 Å². The van der Waals surface area contributed by atoms with Gasteiger partial charge in [-0.15, -0.1) is 13.2 Å². The van der Waals surface area contributed by atoms with E-state index in [2.05, 4.69) is 61.8 Å². The number of rotatable bonds is 18. The van der Waals surface area contributed by atoms with Gasteiger partial charge in [0.05, 0.1) is 0 Å². The fraction of sp³-hybridized carbons (Fsp3) is 0.520. The molecule has 0 aliphatic carbocycles. The molecule has 0 aromatic carbocycles. The minimum Gasteiger partial charge on any atom is -0.103 e. The van der Waals surface area contributed by atoms with Crippen LogP contribution in [0.25, 0.3) is 0 Å². The van der Waals surface area contributed by atoms with Crippen molar-refractivity contribution in [2.75, 3.05) is 0 Å². The smallest absolute Gasteiger partial charge is 0.0313 e. The molecule has 0 aliphatic rings. The van der Waals surface area contributed by atoms with Crippen LogP contribution in [0.5, 0.6) is 0 Å². The van der Waals surface area contributed by atoms with Crippen LogP contribution in [0.4, 0.5) is 0 Å². The van der Waals surface area contributed by atoms with Crippen LogP contribution in [0.3, 0.4) is 0 Å². The first-order valence-corrected chi connectivity index (χ1v) is 10.3. The van der Waals surface area contributed by atoms with Crippen LogP contribution in [0, 0.1) is 0 Å². The van der Waals surface area contributed by atoms with Crippen LogP contribution < -0.4 is 0 Å². The molecule has 140 valence electrons. The molecule has 0 aromatic heterocycles. The van der Waals surface area contributed by atoms with Crippen LogP contribution in [-0.4, -0.2) is 0 Å². The molecule has 0 bridgehead atoms. The van der Waals surface area contributed by atoms with Crippen LogP contribution in [0.15, 0.2) is 73.9 Å². The van der Waals surface area contributed by atoms with Crippen molar-refractivity contribution in [2.45, 2.75) is 83.5 Å². The highest BCUT2D eigenvalue weighted by atomic mass is 14.0. The molecule has 0 heteroatoms. The Morgan fingerprint density at radius 3 is 1.28 bits per heavy atom. The molecule has 0 heterocycles. The van der Waals surface area contributed by atoms with E-state index in [4.69, 9.17) is 0 Å². The Labute approximate surface area is 157 Å². The molecule has 0 fully saturated rings. The molecule has 0 atom stereocenters. The summed E-state index contributed by atoms with van der Waals surface area (Å²) in [6.07, 6.45) is 38.0. The lowest BCUT2D eigenvalue weighted by Crippen LogP contribution is -1.79. The van der Waals surface area contributed by atoms with Gasteiger partial charge in [-0.05, 0) is 57.8 Å². The van der Waals surface area contributed by atoms with Gasteiger partial charge in [-0.25, -0.2) is 0 Å². The van der Waals surface area contributed by atoms with E-state index in [1.54, 1.807) is 0 Å². The molecule has 25 heavy (non-hydrogen) atoms. The average molecular weight is 341 g/mol. The zero-order valence-corrected chi connectivity index (χ0v) is 16.4. The summed E-state index contributed by atoms with van der Waals surface area (Å²) < 4.78 is 0. The molecule has 0 spiro atoms. The maximum Gasteiger partial charge on any atom is -0.0313 e. The van der Waals surface area contributed by atoms with Gasteiger partial charge in [-0.1, -0.05) is 86.4 Å². The molecular formula is C25H40. The fourth-order valence-corrected chi connectivity index (χ4v) is 2.52. The monoisotopic (exact) mass is 340 g/mol. The van der Waals surface area contributed by atoms with Crippen molar-refractivity contribution in [1.29, 1.82) is 0 Å². The lowest BCUT2D eigenvalue weighted by molar-refractivity contribution is 0.600. The van der Waals surface area contributed by atoms with Gasteiger partial charge in [-0.2, -0.15) is 0 Å². The molecule has 0 saturated carbocycles. The standard InChI is InChI=1S/C25H40/c1-3-5-7-9-11-13-15-17-19-21-23-25-24-22-20-18-16-14-12-10-8-6-4-2/h3-4,9,11,13,15,22-25H,1-2,5-8,10,12,14,16-21H2. The van der Waals surface area contributed by atoms with E-state index in [-0.39, 0.29) is 0 Å². The Kier molecular flexibility index (Phi) is 21.0. The van der Waals surface area contributed by atoms with Crippen LogP contribution in [0.2, 0.25) is 0 Å². The topological polar surface area (TPSA) is 0 Å². The molecule has 0 N–H and O–H groups in total. The van der Waals surface area contributed by atoms with Gasteiger partial charge >= 0.3 is 0 Å². The first-order valence-electron chi connectivity index (χ1n) is 10.3. The van der Waals surface area contributed by atoms with E-state index in [9.17, 15) is 0 Å². The third-order valence-electron chi connectivity index (χ3n) is 4.07. The average Bonchev–Trinajstić information content (AvgIpc) is 2.63. The van der Waals surface area contributed by atoms with Crippen molar-refractivity contribution in [1.82, 2.24) is 0 Å². The van der Waals surface area contributed by atoms with Gasteiger partial charge in [0.1, 0.15) is 0 Å². The summed E-state index contributed by atoms with van der Waals surface area (Å²) in [5, 5.41) is 0. The molecule has 0 amide bonds. The van der Waals surface area contributed by atoms with Gasteiger partial charge in [0.25, 0.3) is 0 Å². The molecule has 0 nitrogen and oxygen atoms in total. The van der Waals surface area contributed by atoms with Crippen molar-refractivity contribution in [2.24, 2.45) is 0 Å². The second kappa shape index (κ2) is 22.4. The summed E-state index contributed by atoms with van der Waals surface area (Å²) >= 11 is 0. The first kappa shape index (κ1) is 23.4. The van der Waals surface area contributed by atoms with Gasteiger partial charge in [0.2, 0.25) is 0 Å². The van der Waals surface area contributed by atoms with E-state index < -0.39 is 0 Å². The Balaban J connectivity index is 3.32. The summed E-state index contributed by atoms with van der Waals surface area (Å²) in [6.45, 7) is 7.48. The number of allylic oxidation sites excluding steroid dienone is 10. The summed E-state index contributed by atoms with van der Waals surface area (Å²) in [6, 6.07) is 0. The third-order valence-corrected chi connectivity index (χ3v) is 4.07. The largest absolute Gasteiger partial charge is 0.103 e. The predicted octanol–water partition coefficient (Wildman–Crippen LogP) is 8.65. The maximum atomic E-state index is 3.76. The number of hydrogen-bond acceptors (Lipinski definition) is 0. The molecular weight excluding hydrogens is 300 g/mol. The van der Waals surface area contributed by atoms with Crippen molar-refractivity contribution in [3.8, 4) is 0 Å². The van der Waals surface area contributed by atoms with Crippen molar-refractivity contribution in [3.63, 3.8) is 0 Å². The third kappa shape index (κ3) is 22.4. The molecule has 0 unspecified atom stereocenters. The van der Waals surface area contributed by atoms with E-state index in [0.717, 1.165) is 19.3 Å². The predicted molar refractivity (Wildman–Crippen MR) is 117 cm³/mol. The van der Waals surface area contributed by atoms with E-state index in [1.165, 1.54) is 64.2 Å². The van der Waals surface area contributed by atoms with Crippen molar-refractivity contribution < 1.29 is 0 Å². The first-order chi connectivity index (χ1) is 12.4. The van der Waals surface area contributed by atoms with E-state index >= 15 is 0 Å². The van der Waals surface area contributed by atoms with Crippen molar-refractivity contribution in [3.05, 3.63) is 73.9 Å². The Hall–Kier alpha value is -1.56. The molecule has 0 rings (SSSR count). The van der Waals surface area contributed by atoms with E-state index in [1.807, 2.05) is 12.2 Å². The zero-order valence-electron chi connectivity index (χ0n) is 16.4. The van der Waals surface area contributed by atoms with E-state index in [0.29, 0.717) is 0 Å². The number of unbranched alkanes of at least 4 members (excludes halogenated alkanes) is 10. The lowest BCUT2D eigenvalue weighted by Gasteiger charge is -1.98. The van der Waals surface area contributed by atoms with Crippen LogP contribution >= 0.6 is 0 Å². The van der Waals surface area contributed by atoms with Crippen LogP contribution in [-0.2, 0) is 0 Å². The Bertz CT molecular complexity index is 392. The maximum absolute atomic E-state index is 3.76. The fourth-order valence-electron chi connectivity index (χ4n) is 2.52. The van der Waals surface area contributed by atoms with Crippen LogP contribution in [0.1, 0.15) is 83.5 Å². The summed E-state index contributed by atoms with van der Waals surface area (Å²) in [5.74, 6) is 0. The summed E-state index contributed by atoms with van der Waals surface area (Å²) in [7, 11) is 0. The molecule has 0 radical (unpaired) electrons. The normalized spacial score (nSPS) is 12.2.